The summed E-state index contributed by atoms with van der Waals surface area (Å²) >= 11 is 1.40. The number of nitro groups is 1. The number of nitro benzene ring substituents is 1. The van der Waals surface area contributed by atoms with Crippen LogP contribution in [0.4, 0.5) is 5.69 Å². The summed E-state index contributed by atoms with van der Waals surface area (Å²) in [5.74, 6) is 0.305. The van der Waals surface area contributed by atoms with Crippen LogP contribution in [0.2, 0.25) is 0 Å². The van der Waals surface area contributed by atoms with E-state index in [1.54, 1.807) is 59.9 Å². The average molecular weight is 537 g/mol. The Balaban J connectivity index is 1.24. The monoisotopic (exact) mass is 536 g/mol. The number of hydrogen-bond donors (Lipinski definition) is 1. The van der Waals surface area contributed by atoms with Gasteiger partial charge in [-0.15, -0.1) is 11.3 Å². The van der Waals surface area contributed by atoms with Crippen molar-refractivity contribution in [1.82, 2.24) is 15.2 Å². The normalized spacial score (nSPS) is 13.7. The highest BCUT2D eigenvalue weighted by atomic mass is 32.1. The van der Waals surface area contributed by atoms with E-state index in [1.165, 1.54) is 17.4 Å². The third-order valence-corrected chi connectivity index (χ3v) is 7.56. The van der Waals surface area contributed by atoms with Crippen molar-refractivity contribution < 1.29 is 24.0 Å². The number of methoxy groups -OCH3 is 1. The zero-order valence-electron chi connectivity index (χ0n) is 20.9. The smallest absolute Gasteiger partial charge is 0.274 e. The molecule has 0 radical (unpaired) electrons. The molecule has 198 valence electrons. The topological polar surface area (TPSA) is 132 Å². The Morgan fingerprint density at radius 1 is 1.11 bits per heavy atom. The molecule has 1 aromatic heterocycles. The van der Waals surface area contributed by atoms with Crippen LogP contribution in [0.5, 0.6) is 5.75 Å². The SMILES string of the molecule is COc1ccc(C(=O)CCC(=O)N2CCC(c3nc(C(=O)NCc4ccccc4[N+](=O)[O-])cs3)CC2)cc1. The van der Waals surface area contributed by atoms with Crippen LogP contribution >= 0.6 is 11.3 Å². The molecule has 1 aliphatic rings. The van der Waals surface area contributed by atoms with E-state index in [0.29, 0.717) is 30.0 Å². The molecule has 3 aromatic rings. The van der Waals surface area contributed by atoms with E-state index in [9.17, 15) is 24.5 Å². The van der Waals surface area contributed by atoms with Gasteiger partial charge in [-0.2, -0.15) is 0 Å². The van der Waals surface area contributed by atoms with Crippen molar-refractivity contribution in [3.8, 4) is 5.75 Å². The lowest BCUT2D eigenvalue weighted by molar-refractivity contribution is -0.385. The Morgan fingerprint density at radius 3 is 2.50 bits per heavy atom. The lowest BCUT2D eigenvalue weighted by Gasteiger charge is -2.31. The third-order valence-electron chi connectivity index (χ3n) is 6.56. The zero-order chi connectivity index (χ0) is 27.1. The maximum absolute atomic E-state index is 12.7. The highest BCUT2D eigenvalue weighted by Crippen LogP contribution is 2.31. The van der Waals surface area contributed by atoms with Crippen molar-refractivity contribution in [3.05, 3.63) is 85.9 Å². The number of para-hydroxylation sites is 1. The number of nitrogens with one attached hydrogen (secondary N) is 1. The number of Topliss-reactive ketones (excluding diaryl/α,β-unsaturated/α-hetero) is 1. The van der Waals surface area contributed by atoms with Gasteiger partial charge >= 0.3 is 0 Å². The van der Waals surface area contributed by atoms with E-state index in [4.69, 9.17) is 4.74 Å². The summed E-state index contributed by atoms with van der Waals surface area (Å²) in [5, 5.41) is 16.4. The van der Waals surface area contributed by atoms with Gasteiger partial charge in [0.05, 0.1) is 17.0 Å². The molecule has 0 saturated carbocycles. The van der Waals surface area contributed by atoms with Gasteiger partial charge in [0.2, 0.25) is 5.91 Å². The summed E-state index contributed by atoms with van der Waals surface area (Å²) in [6.07, 6.45) is 1.77. The first-order valence-electron chi connectivity index (χ1n) is 12.3. The number of likely N-dealkylation sites (tertiary alicyclic amines) is 1. The third kappa shape index (κ3) is 6.60. The number of amides is 2. The molecule has 2 aromatic carbocycles. The van der Waals surface area contributed by atoms with Crippen molar-refractivity contribution in [2.45, 2.75) is 38.1 Å². The van der Waals surface area contributed by atoms with E-state index in [0.717, 1.165) is 17.8 Å². The van der Waals surface area contributed by atoms with Gasteiger partial charge in [-0.05, 0) is 37.1 Å². The first kappa shape index (κ1) is 26.9. The van der Waals surface area contributed by atoms with Gasteiger partial charge in [0, 0.05) is 61.0 Å². The second kappa shape index (κ2) is 12.4. The van der Waals surface area contributed by atoms with Gasteiger partial charge in [0.1, 0.15) is 11.4 Å². The van der Waals surface area contributed by atoms with Crippen molar-refractivity contribution >= 4 is 34.6 Å². The van der Waals surface area contributed by atoms with Gasteiger partial charge in [-0.25, -0.2) is 4.98 Å². The fraction of sp³-hybridized carbons (Fsp3) is 0.333. The molecular weight excluding hydrogens is 508 g/mol. The highest BCUT2D eigenvalue weighted by molar-refractivity contribution is 7.09. The van der Waals surface area contributed by atoms with Gasteiger partial charge in [0.15, 0.2) is 5.78 Å². The molecule has 1 saturated heterocycles. The predicted molar refractivity (Wildman–Crippen MR) is 141 cm³/mol. The summed E-state index contributed by atoms with van der Waals surface area (Å²) in [5.41, 5.74) is 1.21. The molecule has 2 heterocycles. The fourth-order valence-electron chi connectivity index (χ4n) is 4.36. The van der Waals surface area contributed by atoms with Crippen LogP contribution in [0.15, 0.2) is 53.9 Å². The van der Waals surface area contributed by atoms with Crippen LogP contribution in [0.25, 0.3) is 0 Å². The molecule has 10 nitrogen and oxygen atoms in total. The van der Waals surface area contributed by atoms with Crippen LogP contribution in [-0.2, 0) is 11.3 Å². The molecule has 1 aliphatic heterocycles. The minimum atomic E-state index is -0.474. The number of carbonyl (C=O) groups is 3. The number of aromatic nitrogens is 1. The van der Waals surface area contributed by atoms with Crippen molar-refractivity contribution in [3.63, 3.8) is 0 Å². The number of hydrogen-bond acceptors (Lipinski definition) is 8. The Hall–Kier alpha value is -4.12. The number of thiazole rings is 1. The quantitative estimate of drug-likeness (QED) is 0.231. The number of ketones is 1. The van der Waals surface area contributed by atoms with Crippen LogP contribution in [0, 0.1) is 10.1 Å². The largest absolute Gasteiger partial charge is 0.497 e. The Kier molecular flexibility index (Phi) is 8.80. The van der Waals surface area contributed by atoms with Gasteiger partial charge in [0.25, 0.3) is 11.6 Å². The van der Waals surface area contributed by atoms with E-state index < -0.39 is 4.92 Å². The predicted octanol–water partition coefficient (Wildman–Crippen LogP) is 4.36. The van der Waals surface area contributed by atoms with Gasteiger partial charge in [-0.1, -0.05) is 18.2 Å². The Labute approximate surface area is 223 Å². The molecule has 11 heteroatoms. The average Bonchev–Trinajstić information content (AvgIpc) is 3.45. The van der Waals surface area contributed by atoms with Crippen LogP contribution in [0.3, 0.4) is 0 Å². The Bertz CT molecular complexity index is 1320. The van der Waals surface area contributed by atoms with E-state index in [-0.39, 0.29) is 54.3 Å². The maximum atomic E-state index is 12.7. The van der Waals surface area contributed by atoms with E-state index >= 15 is 0 Å². The summed E-state index contributed by atoms with van der Waals surface area (Å²) in [4.78, 5) is 54.6. The minimum absolute atomic E-state index is 0.0321. The standard InChI is InChI=1S/C27H28N4O6S/c1-37-21-8-6-18(7-9-21)24(32)10-11-25(33)30-14-12-19(13-15-30)27-29-22(17-38-27)26(34)28-16-20-4-2-3-5-23(20)31(35)36/h2-9,17,19H,10-16H2,1H3,(H,28,34). The molecule has 38 heavy (non-hydrogen) atoms. The molecule has 1 fully saturated rings. The van der Waals surface area contributed by atoms with E-state index in [1.807, 2.05) is 0 Å². The molecule has 2 amide bonds. The van der Waals surface area contributed by atoms with Gasteiger partial charge < -0.3 is 15.0 Å². The van der Waals surface area contributed by atoms with Crippen LogP contribution < -0.4 is 10.1 Å². The number of carbonyl (C=O) groups excluding carboxylic acids is 3. The number of piperidine rings is 1. The summed E-state index contributed by atoms with van der Waals surface area (Å²) in [6, 6.07) is 13.1. The lowest BCUT2D eigenvalue weighted by Crippen LogP contribution is -2.38. The summed E-state index contributed by atoms with van der Waals surface area (Å²) < 4.78 is 5.10. The fourth-order valence-corrected chi connectivity index (χ4v) is 5.33. The molecule has 1 N–H and O–H groups in total. The second-order valence-corrected chi connectivity index (χ2v) is 9.84. The number of nitrogens with zero attached hydrogens (tertiary/aromatic N) is 3. The molecule has 4 rings (SSSR count). The lowest BCUT2D eigenvalue weighted by atomic mass is 9.97. The maximum Gasteiger partial charge on any atom is 0.274 e. The molecule has 0 atom stereocenters. The number of ether oxygens (including phenoxy) is 1. The van der Waals surface area contributed by atoms with Crippen molar-refractivity contribution in [2.75, 3.05) is 20.2 Å². The van der Waals surface area contributed by atoms with Crippen LogP contribution in [0.1, 0.15) is 63.0 Å². The summed E-state index contributed by atoms with van der Waals surface area (Å²) in [7, 11) is 1.56. The Morgan fingerprint density at radius 2 is 1.82 bits per heavy atom. The molecule has 0 bridgehead atoms. The molecule has 0 unspecified atom stereocenters. The number of rotatable bonds is 10. The first-order valence-corrected chi connectivity index (χ1v) is 13.1. The van der Waals surface area contributed by atoms with Crippen molar-refractivity contribution in [2.24, 2.45) is 0 Å². The molecule has 0 spiro atoms. The van der Waals surface area contributed by atoms with Crippen molar-refractivity contribution in [1.29, 1.82) is 0 Å². The van der Waals surface area contributed by atoms with E-state index in [2.05, 4.69) is 10.3 Å². The number of benzene rings is 2. The van der Waals surface area contributed by atoms with Gasteiger partial charge in [-0.3, -0.25) is 24.5 Å². The second-order valence-electron chi connectivity index (χ2n) is 8.95. The highest BCUT2D eigenvalue weighted by Gasteiger charge is 2.27. The molecular formula is C27H28N4O6S. The molecule has 0 aliphatic carbocycles. The zero-order valence-corrected chi connectivity index (χ0v) is 21.7. The first-order chi connectivity index (χ1) is 18.4. The minimum Gasteiger partial charge on any atom is -0.497 e. The summed E-state index contributed by atoms with van der Waals surface area (Å²) in [6.45, 7) is 1.17. The van der Waals surface area contributed by atoms with Crippen LogP contribution in [-0.4, -0.2) is 52.6 Å².